The number of hydrogen-bond acceptors (Lipinski definition) is 7. The fourth-order valence-corrected chi connectivity index (χ4v) is 7.41. The van der Waals surface area contributed by atoms with Gasteiger partial charge in [0.2, 0.25) is 0 Å². The highest BCUT2D eigenvalue weighted by Crippen LogP contribution is 2.62. The number of rotatable bonds is 4. The second-order valence-electron chi connectivity index (χ2n) is 8.02. The molecule has 2 fully saturated rings. The van der Waals surface area contributed by atoms with Gasteiger partial charge in [-0.3, -0.25) is 9.08 Å². The van der Waals surface area contributed by atoms with Crippen LogP contribution in [0.25, 0.3) is 5.57 Å². The Labute approximate surface area is 174 Å². The molecular weight excluding hydrogens is 408 g/mol. The molecule has 1 aromatic carbocycles. The molecule has 2 unspecified atom stereocenters. The van der Waals surface area contributed by atoms with E-state index in [4.69, 9.17) is 4.28 Å². The van der Waals surface area contributed by atoms with E-state index in [9.17, 15) is 18.5 Å². The van der Waals surface area contributed by atoms with Crippen molar-refractivity contribution in [2.75, 3.05) is 0 Å². The Balaban J connectivity index is 1.70. The van der Waals surface area contributed by atoms with Crippen molar-refractivity contribution >= 4 is 38.3 Å². The highest BCUT2D eigenvalue weighted by Gasteiger charge is 2.72. The predicted molar refractivity (Wildman–Crippen MR) is 112 cm³/mol. The van der Waals surface area contributed by atoms with E-state index in [2.05, 4.69) is 11.2 Å². The molecule has 0 amide bonds. The highest BCUT2D eigenvalue weighted by atomic mass is 32.2. The van der Waals surface area contributed by atoms with Crippen molar-refractivity contribution in [2.45, 2.75) is 37.9 Å². The minimum absolute atomic E-state index is 0.0438. The van der Waals surface area contributed by atoms with Crippen molar-refractivity contribution in [2.24, 2.45) is 16.5 Å². The van der Waals surface area contributed by atoms with E-state index in [1.54, 1.807) is 23.6 Å². The van der Waals surface area contributed by atoms with Crippen LogP contribution in [0.5, 0.6) is 0 Å². The zero-order valence-corrected chi connectivity index (χ0v) is 17.7. The van der Waals surface area contributed by atoms with Crippen LogP contribution < -0.4 is 0 Å². The molecule has 29 heavy (non-hydrogen) atoms. The van der Waals surface area contributed by atoms with Gasteiger partial charge in [0.25, 0.3) is 0 Å². The summed E-state index contributed by atoms with van der Waals surface area (Å²) in [6.07, 6.45) is 2.92. The number of fused-ring (bicyclic) bond motifs is 2. The minimum Gasteiger partial charge on any atom is -0.298 e. The number of Topliss-reactive ketones (excluding diaryl/α,β-unsaturated/α-hetero) is 1. The summed E-state index contributed by atoms with van der Waals surface area (Å²) in [4.78, 5) is 12.6. The summed E-state index contributed by atoms with van der Waals surface area (Å²) >= 11 is 1.18. The number of carbonyl (C=O) groups excluding carboxylic acids is 1. The molecule has 3 aliphatic rings. The standard InChI is InChI=1S/C21H20N2O4S2/c1-20(2)15-8-10-21(20,18(24)12-15)29(25,26)27-23-19-16(9-11-28-19)17(13-22)14-6-4-3-5-7-14/h3-7,9,11,15H,8,10,12H2,1-2H3. The van der Waals surface area contributed by atoms with E-state index in [0.717, 1.165) is 0 Å². The van der Waals surface area contributed by atoms with Crippen LogP contribution in [-0.4, -0.2) is 24.0 Å². The molecule has 2 saturated carbocycles. The molecule has 0 aromatic heterocycles. The van der Waals surface area contributed by atoms with E-state index in [1.807, 2.05) is 32.0 Å². The van der Waals surface area contributed by atoms with Crippen LogP contribution in [0.1, 0.15) is 38.7 Å². The Morgan fingerprint density at radius 1 is 1.31 bits per heavy atom. The predicted octanol–water partition coefficient (Wildman–Crippen LogP) is 4.03. The quantitative estimate of drug-likeness (QED) is 0.531. The first-order valence-electron chi connectivity index (χ1n) is 9.32. The number of nitrogens with zero attached hydrogens (tertiary/aromatic N) is 2. The number of allylic oxidation sites excluding steroid dienone is 2. The summed E-state index contributed by atoms with van der Waals surface area (Å²) < 4.78 is 29.9. The summed E-state index contributed by atoms with van der Waals surface area (Å²) in [7, 11) is -4.28. The molecule has 1 aliphatic heterocycles. The Kier molecular flexibility index (Phi) is 4.71. The molecular formula is C21H20N2O4S2. The van der Waals surface area contributed by atoms with Crippen molar-refractivity contribution in [1.29, 1.82) is 5.26 Å². The minimum atomic E-state index is -4.28. The Morgan fingerprint density at radius 2 is 2.03 bits per heavy atom. The lowest BCUT2D eigenvalue weighted by Gasteiger charge is -2.33. The first kappa shape index (κ1) is 19.9. The zero-order valence-electron chi connectivity index (χ0n) is 16.1. The number of nitriles is 1. The molecule has 2 atom stereocenters. The SMILES string of the molecule is CC1(C)C2CCC1(S(=O)(=O)ON=C1SC=CC1=C(C#N)c1ccccc1)C(=O)C2. The van der Waals surface area contributed by atoms with Gasteiger partial charge in [-0.15, -0.1) is 0 Å². The third-order valence-corrected chi connectivity index (χ3v) is 9.39. The first-order chi connectivity index (χ1) is 13.7. The molecule has 6 nitrogen and oxygen atoms in total. The number of hydrogen-bond donors (Lipinski definition) is 0. The monoisotopic (exact) mass is 428 g/mol. The van der Waals surface area contributed by atoms with Crippen LogP contribution in [-0.2, 0) is 19.2 Å². The Hall–Kier alpha value is -2.37. The van der Waals surface area contributed by atoms with Gasteiger partial charge in [0.1, 0.15) is 11.1 Å². The largest absolute Gasteiger partial charge is 0.342 e. The highest BCUT2D eigenvalue weighted by molar-refractivity contribution is 8.17. The molecule has 0 spiro atoms. The second-order valence-corrected chi connectivity index (χ2v) is 10.7. The molecule has 1 aromatic rings. The molecule has 4 rings (SSSR count). The van der Waals surface area contributed by atoms with Gasteiger partial charge in [0.15, 0.2) is 10.5 Å². The van der Waals surface area contributed by atoms with Gasteiger partial charge in [-0.1, -0.05) is 61.1 Å². The number of carbonyl (C=O) groups is 1. The van der Waals surface area contributed by atoms with E-state index in [1.165, 1.54) is 11.8 Å². The van der Waals surface area contributed by atoms with Crippen molar-refractivity contribution < 1.29 is 17.5 Å². The third kappa shape index (κ3) is 2.79. The Bertz CT molecular complexity index is 1110. The number of ketones is 1. The number of thioether (sulfide) groups is 1. The third-order valence-electron chi connectivity index (χ3n) is 6.52. The summed E-state index contributed by atoms with van der Waals surface area (Å²) in [6.45, 7) is 3.65. The topological polar surface area (TPSA) is 96.6 Å². The second kappa shape index (κ2) is 6.85. The molecule has 1 heterocycles. The molecule has 0 N–H and O–H groups in total. The maximum Gasteiger partial charge on any atom is 0.342 e. The molecule has 0 saturated heterocycles. The van der Waals surface area contributed by atoms with Crippen LogP contribution in [0.2, 0.25) is 0 Å². The van der Waals surface area contributed by atoms with Gasteiger partial charge in [-0.25, -0.2) is 0 Å². The van der Waals surface area contributed by atoms with Gasteiger partial charge in [0.05, 0.1) is 5.57 Å². The number of oxime groups is 1. The van der Waals surface area contributed by atoms with E-state index < -0.39 is 20.3 Å². The fourth-order valence-electron chi connectivity index (χ4n) is 4.82. The van der Waals surface area contributed by atoms with Crippen molar-refractivity contribution in [3.63, 3.8) is 0 Å². The van der Waals surface area contributed by atoms with Gasteiger partial charge in [0, 0.05) is 12.0 Å². The Morgan fingerprint density at radius 3 is 2.62 bits per heavy atom. The van der Waals surface area contributed by atoms with E-state index in [0.29, 0.717) is 23.1 Å². The zero-order chi connectivity index (χ0) is 20.9. The summed E-state index contributed by atoms with van der Waals surface area (Å²) in [5.74, 6) is -0.240. The average Bonchev–Trinajstić information content (AvgIpc) is 3.31. The average molecular weight is 429 g/mol. The van der Waals surface area contributed by atoms with Crippen LogP contribution in [0.4, 0.5) is 0 Å². The van der Waals surface area contributed by atoms with Crippen molar-refractivity contribution in [3.05, 3.63) is 53.0 Å². The van der Waals surface area contributed by atoms with Gasteiger partial charge in [-0.2, -0.15) is 13.7 Å². The fraction of sp³-hybridized carbons (Fsp3) is 0.381. The summed E-state index contributed by atoms with van der Waals surface area (Å²) in [5.41, 5.74) is 0.891. The van der Waals surface area contributed by atoms with Crippen LogP contribution in [0, 0.1) is 22.7 Å². The lowest BCUT2D eigenvalue weighted by Crippen LogP contribution is -2.50. The maximum absolute atomic E-state index is 13.2. The molecule has 8 heteroatoms. The van der Waals surface area contributed by atoms with Crippen LogP contribution >= 0.6 is 11.8 Å². The molecule has 2 aliphatic carbocycles. The van der Waals surface area contributed by atoms with Gasteiger partial charge >= 0.3 is 10.1 Å². The normalized spacial score (nSPS) is 30.6. The molecule has 0 radical (unpaired) electrons. The lowest BCUT2D eigenvalue weighted by molar-refractivity contribution is -0.121. The molecule has 150 valence electrons. The van der Waals surface area contributed by atoms with E-state index in [-0.39, 0.29) is 29.6 Å². The number of benzene rings is 1. The van der Waals surface area contributed by atoms with Crippen molar-refractivity contribution in [1.82, 2.24) is 0 Å². The van der Waals surface area contributed by atoms with Crippen molar-refractivity contribution in [3.8, 4) is 6.07 Å². The van der Waals surface area contributed by atoms with Gasteiger partial charge in [-0.05, 0) is 41.2 Å². The first-order valence-corrected chi connectivity index (χ1v) is 11.6. The van der Waals surface area contributed by atoms with Crippen LogP contribution in [0.3, 0.4) is 0 Å². The molecule has 2 bridgehead atoms. The summed E-state index contributed by atoms with van der Waals surface area (Å²) in [5, 5.41) is 15.5. The van der Waals surface area contributed by atoms with E-state index >= 15 is 0 Å². The summed E-state index contributed by atoms with van der Waals surface area (Å²) in [6, 6.07) is 11.3. The maximum atomic E-state index is 13.2. The lowest BCUT2D eigenvalue weighted by atomic mass is 9.81. The van der Waals surface area contributed by atoms with Gasteiger partial charge < -0.3 is 0 Å². The smallest absolute Gasteiger partial charge is 0.298 e. The van der Waals surface area contributed by atoms with Crippen LogP contribution in [0.15, 0.2) is 52.5 Å².